The Morgan fingerprint density at radius 1 is 1.31 bits per heavy atom. The first-order valence-electron chi connectivity index (χ1n) is 8.61. The van der Waals surface area contributed by atoms with Crippen LogP contribution < -0.4 is 11.1 Å². The van der Waals surface area contributed by atoms with E-state index in [2.05, 4.69) is 29.9 Å². The Bertz CT molecular complexity index is 712. The summed E-state index contributed by atoms with van der Waals surface area (Å²) in [5, 5.41) is 2.74. The molecule has 3 N–H and O–H groups in total. The van der Waals surface area contributed by atoms with Gasteiger partial charge in [0.1, 0.15) is 12.8 Å². The molecule has 1 aromatic carbocycles. The Labute approximate surface area is 152 Å². The second-order valence-electron chi connectivity index (χ2n) is 7.66. The second kappa shape index (κ2) is 8.51. The van der Waals surface area contributed by atoms with E-state index < -0.39 is 20.3 Å². The number of fused-ring (bicyclic) bond motifs is 1. The molecular weight excluding hydrogens is 361 g/mol. The van der Waals surface area contributed by atoms with Crippen LogP contribution in [0.5, 0.6) is 0 Å². The van der Waals surface area contributed by atoms with Crippen molar-refractivity contribution in [2.45, 2.75) is 51.2 Å². The van der Waals surface area contributed by atoms with Gasteiger partial charge in [0, 0.05) is 27.8 Å². The first-order valence-corrected chi connectivity index (χ1v) is 12.3. The number of nitrogens with zero attached hydrogens (tertiary/aromatic N) is 2. The van der Waals surface area contributed by atoms with Crippen molar-refractivity contribution in [2.24, 2.45) is 5.73 Å². The van der Waals surface area contributed by atoms with Gasteiger partial charge in [-0.3, -0.25) is 0 Å². The third kappa shape index (κ3) is 6.38. The molecule has 2 aromatic rings. The summed E-state index contributed by atoms with van der Waals surface area (Å²) in [5.41, 5.74) is 7.67. The van der Waals surface area contributed by atoms with Gasteiger partial charge in [0.25, 0.3) is 0 Å². The maximum absolute atomic E-state index is 12.4. The van der Waals surface area contributed by atoms with Crippen LogP contribution in [0, 0.1) is 0 Å². The minimum atomic E-state index is -4.38. The molecule has 0 spiro atoms. The van der Waals surface area contributed by atoms with E-state index in [-0.39, 0.29) is 6.54 Å². The number of halogens is 3. The van der Waals surface area contributed by atoms with E-state index in [1.165, 1.54) is 0 Å². The van der Waals surface area contributed by atoms with Crippen molar-refractivity contribution in [2.75, 3.05) is 13.2 Å². The standard InChI is InChI=1S/C17H27F3N4OSi/c1-26(2,3)7-6-25-12-24-11-23-14-8-13(4-5-15(14)24)9-22-10-16(21)17(18,19)20/h4-5,8,11,16,22H,6-7,9-10,12,21H2,1-3H3/t16-/m0/s1. The van der Waals surface area contributed by atoms with Crippen LogP contribution in [0.4, 0.5) is 13.2 Å². The lowest BCUT2D eigenvalue weighted by molar-refractivity contribution is -0.146. The molecule has 0 bridgehead atoms. The van der Waals surface area contributed by atoms with E-state index in [9.17, 15) is 13.2 Å². The number of alkyl halides is 3. The fourth-order valence-electron chi connectivity index (χ4n) is 2.35. The lowest BCUT2D eigenvalue weighted by Crippen LogP contribution is -2.45. The van der Waals surface area contributed by atoms with Gasteiger partial charge in [0.2, 0.25) is 0 Å². The molecule has 0 aliphatic heterocycles. The van der Waals surface area contributed by atoms with Crippen LogP contribution in [-0.4, -0.2) is 43.0 Å². The van der Waals surface area contributed by atoms with E-state index in [0.29, 0.717) is 13.3 Å². The molecule has 0 fully saturated rings. The Balaban J connectivity index is 1.88. The molecule has 1 atom stereocenters. The molecule has 1 aromatic heterocycles. The van der Waals surface area contributed by atoms with Crippen LogP contribution in [0.15, 0.2) is 24.5 Å². The highest BCUT2D eigenvalue weighted by Gasteiger charge is 2.36. The van der Waals surface area contributed by atoms with Crippen LogP contribution in [-0.2, 0) is 18.0 Å². The molecule has 9 heteroatoms. The van der Waals surface area contributed by atoms with Gasteiger partial charge in [0.15, 0.2) is 0 Å². The molecule has 2 rings (SSSR count). The SMILES string of the molecule is C[Si](C)(C)CCOCn1cnc2cc(CNC[C@H](N)C(F)(F)F)ccc21. The molecule has 0 unspecified atom stereocenters. The second-order valence-corrected chi connectivity index (χ2v) is 13.3. The summed E-state index contributed by atoms with van der Waals surface area (Å²) in [5.74, 6) is 0. The molecule has 26 heavy (non-hydrogen) atoms. The van der Waals surface area contributed by atoms with Gasteiger partial charge >= 0.3 is 6.18 Å². The van der Waals surface area contributed by atoms with Gasteiger partial charge in [0.05, 0.1) is 17.4 Å². The highest BCUT2D eigenvalue weighted by molar-refractivity contribution is 6.76. The van der Waals surface area contributed by atoms with E-state index in [4.69, 9.17) is 10.5 Å². The number of aromatic nitrogens is 2. The first kappa shape index (κ1) is 20.9. The zero-order chi connectivity index (χ0) is 19.4. The molecule has 0 amide bonds. The molecule has 0 radical (unpaired) electrons. The summed E-state index contributed by atoms with van der Waals surface area (Å²) in [7, 11) is -1.11. The Hall–Kier alpha value is -1.42. The van der Waals surface area contributed by atoms with Crippen molar-refractivity contribution in [1.82, 2.24) is 14.9 Å². The highest BCUT2D eigenvalue weighted by Crippen LogP contribution is 2.18. The average molecular weight is 389 g/mol. The zero-order valence-corrected chi connectivity index (χ0v) is 16.4. The van der Waals surface area contributed by atoms with Gasteiger partial charge in [-0.1, -0.05) is 25.7 Å². The molecule has 0 aliphatic carbocycles. The van der Waals surface area contributed by atoms with Crippen LogP contribution >= 0.6 is 0 Å². The van der Waals surface area contributed by atoms with Gasteiger partial charge in [-0.2, -0.15) is 13.2 Å². The number of hydrogen-bond acceptors (Lipinski definition) is 4. The maximum atomic E-state index is 12.4. The highest BCUT2D eigenvalue weighted by atomic mass is 28.3. The Morgan fingerprint density at radius 3 is 2.69 bits per heavy atom. The first-order chi connectivity index (χ1) is 12.1. The van der Waals surface area contributed by atoms with E-state index in [1.807, 2.05) is 22.8 Å². The Kier molecular flexibility index (Phi) is 6.84. The number of rotatable bonds is 9. The van der Waals surface area contributed by atoms with Gasteiger partial charge < -0.3 is 20.4 Å². The van der Waals surface area contributed by atoms with Gasteiger partial charge in [-0.15, -0.1) is 0 Å². The number of imidazole rings is 1. The minimum absolute atomic E-state index is 0.305. The Morgan fingerprint density at radius 2 is 2.04 bits per heavy atom. The number of nitrogens with one attached hydrogen (secondary N) is 1. The van der Waals surface area contributed by atoms with Crippen molar-refractivity contribution in [3.05, 3.63) is 30.1 Å². The van der Waals surface area contributed by atoms with Crippen molar-refractivity contribution >= 4 is 19.1 Å². The van der Waals surface area contributed by atoms with Gasteiger partial charge in [-0.05, 0) is 23.7 Å². The van der Waals surface area contributed by atoms with Crippen LogP contribution in [0.3, 0.4) is 0 Å². The monoisotopic (exact) mass is 388 g/mol. The van der Waals surface area contributed by atoms with Crippen LogP contribution in [0.2, 0.25) is 25.7 Å². The number of nitrogens with two attached hydrogens (primary N) is 1. The fraction of sp³-hybridized carbons (Fsp3) is 0.588. The summed E-state index contributed by atoms with van der Waals surface area (Å²) < 4.78 is 44.8. The fourth-order valence-corrected chi connectivity index (χ4v) is 3.11. The number of ether oxygens (including phenoxy) is 1. The molecule has 0 saturated carbocycles. The summed E-state index contributed by atoms with van der Waals surface area (Å²) >= 11 is 0. The lowest BCUT2D eigenvalue weighted by Gasteiger charge is -2.16. The average Bonchev–Trinajstić information content (AvgIpc) is 2.92. The molecule has 5 nitrogen and oxygen atoms in total. The van der Waals surface area contributed by atoms with Gasteiger partial charge in [-0.25, -0.2) is 4.98 Å². The van der Waals surface area contributed by atoms with E-state index in [0.717, 1.165) is 29.2 Å². The normalized spacial score (nSPS) is 14.1. The van der Waals surface area contributed by atoms with Crippen molar-refractivity contribution in [3.63, 3.8) is 0 Å². The molecule has 146 valence electrons. The van der Waals surface area contributed by atoms with E-state index >= 15 is 0 Å². The summed E-state index contributed by atoms with van der Waals surface area (Å²) in [6.07, 6.45) is -2.67. The summed E-state index contributed by atoms with van der Waals surface area (Å²) in [6, 6.07) is 4.88. The predicted octanol–water partition coefficient (Wildman–Crippen LogP) is 3.33. The third-order valence-electron chi connectivity index (χ3n) is 4.03. The van der Waals surface area contributed by atoms with Crippen LogP contribution in [0.25, 0.3) is 11.0 Å². The third-order valence-corrected chi connectivity index (χ3v) is 5.73. The lowest BCUT2D eigenvalue weighted by atomic mass is 10.2. The molecular formula is C17H27F3N4OSi. The van der Waals surface area contributed by atoms with E-state index in [1.54, 1.807) is 6.33 Å². The summed E-state index contributed by atoms with van der Waals surface area (Å²) in [6.45, 7) is 8.08. The van der Waals surface area contributed by atoms with Crippen molar-refractivity contribution in [3.8, 4) is 0 Å². The minimum Gasteiger partial charge on any atom is -0.361 e. The van der Waals surface area contributed by atoms with Crippen molar-refractivity contribution < 1.29 is 17.9 Å². The summed E-state index contributed by atoms with van der Waals surface area (Å²) in [4.78, 5) is 4.35. The molecule has 0 saturated heterocycles. The number of benzene rings is 1. The number of hydrogen-bond donors (Lipinski definition) is 2. The van der Waals surface area contributed by atoms with Crippen molar-refractivity contribution in [1.29, 1.82) is 0 Å². The zero-order valence-electron chi connectivity index (χ0n) is 15.4. The molecule has 1 heterocycles. The maximum Gasteiger partial charge on any atom is 0.404 e. The topological polar surface area (TPSA) is 65.1 Å². The smallest absolute Gasteiger partial charge is 0.361 e. The quantitative estimate of drug-likeness (QED) is 0.511. The predicted molar refractivity (Wildman–Crippen MR) is 99.6 cm³/mol. The van der Waals surface area contributed by atoms with Crippen LogP contribution in [0.1, 0.15) is 5.56 Å². The molecule has 0 aliphatic rings. The largest absolute Gasteiger partial charge is 0.404 e.